The lowest BCUT2D eigenvalue weighted by Crippen LogP contribution is -2.27. The van der Waals surface area contributed by atoms with E-state index in [1.807, 2.05) is 90.7 Å². The fourth-order valence-corrected chi connectivity index (χ4v) is 4.62. The highest BCUT2D eigenvalue weighted by Crippen LogP contribution is 2.42. The molecule has 29 heavy (non-hydrogen) atoms. The van der Waals surface area contributed by atoms with E-state index in [0.717, 1.165) is 28.1 Å². The van der Waals surface area contributed by atoms with E-state index < -0.39 is 0 Å². The first-order valence-electron chi connectivity index (χ1n) is 9.54. The van der Waals surface area contributed by atoms with E-state index in [9.17, 15) is 9.59 Å². The van der Waals surface area contributed by atoms with Gasteiger partial charge in [0.2, 0.25) is 11.8 Å². The lowest BCUT2D eigenvalue weighted by atomic mass is 10.1. The third-order valence-corrected chi connectivity index (χ3v) is 6.05. The first-order chi connectivity index (χ1) is 14.1. The van der Waals surface area contributed by atoms with Crippen LogP contribution in [0, 0.1) is 6.92 Å². The summed E-state index contributed by atoms with van der Waals surface area (Å²) in [5.74, 6) is 0.537. The number of carbonyl (C=O) groups excluding carboxylic acids is 2. The number of hydrogen-bond acceptors (Lipinski definition) is 3. The molecule has 0 spiro atoms. The number of thioether (sulfide) groups is 1. The number of rotatable bonds is 5. The van der Waals surface area contributed by atoms with E-state index in [0.29, 0.717) is 12.2 Å². The molecule has 0 bridgehead atoms. The largest absolute Gasteiger partial charge is 0.326 e. The third kappa shape index (κ3) is 4.51. The summed E-state index contributed by atoms with van der Waals surface area (Å²) in [6.45, 7) is 2.03. The van der Waals surface area contributed by atoms with Gasteiger partial charge in [-0.25, -0.2) is 0 Å². The van der Waals surface area contributed by atoms with Gasteiger partial charge in [0.1, 0.15) is 5.37 Å². The van der Waals surface area contributed by atoms with Gasteiger partial charge in [-0.15, -0.1) is 11.8 Å². The van der Waals surface area contributed by atoms with Crippen LogP contribution in [0.1, 0.15) is 22.1 Å². The van der Waals surface area contributed by atoms with E-state index in [1.54, 1.807) is 11.8 Å². The van der Waals surface area contributed by atoms with Crippen molar-refractivity contribution in [2.45, 2.75) is 18.7 Å². The van der Waals surface area contributed by atoms with Crippen LogP contribution in [0.25, 0.3) is 0 Å². The molecule has 1 atom stereocenters. The topological polar surface area (TPSA) is 49.4 Å². The van der Waals surface area contributed by atoms with Gasteiger partial charge in [-0.05, 0) is 47.9 Å². The van der Waals surface area contributed by atoms with E-state index in [-0.39, 0.29) is 17.2 Å². The Morgan fingerprint density at radius 2 is 1.79 bits per heavy atom. The molecule has 0 radical (unpaired) electrons. The summed E-state index contributed by atoms with van der Waals surface area (Å²) in [5, 5.41) is 2.88. The molecule has 0 unspecified atom stereocenters. The highest BCUT2D eigenvalue weighted by atomic mass is 32.2. The number of aryl methyl sites for hydroxylation is 1. The van der Waals surface area contributed by atoms with Crippen molar-refractivity contribution in [3.63, 3.8) is 0 Å². The molecule has 1 N–H and O–H groups in total. The maximum Gasteiger partial charge on any atom is 0.238 e. The maximum atomic E-state index is 12.5. The lowest BCUT2D eigenvalue weighted by Gasteiger charge is -2.25. The summed E-state index contributed by atoms with van der Waals surface area (Å²) in [4.78, 5) is 26.6. The molecule has 0 aliphatic carbocycles. The van der Waals surface area contributed by atoms with E-state index in [4.69, 9.17) is 0 Å². The fourth-order valence-electron chi connectivity index (χ4n) is 3.45. The minimum atomic E-state index is -0.0571. The second kappa shape index (κ2) is 8.53. The molecule has 1 fully saturated rings. The number of amides is 2. The average Bonchev–Trinajstić information content (AvgIpc) is 3.11. The molecule has 4 rings (SSSR count). The molecule has 4 nitrogen and oxygen atoms in total. The molecule has 1 aliphatic rings. The highest BCUT2D eigenvalue weighted by Gasteiger charge is 2.34. The summed E-state index contributed by atoms with van der Waals surface area (Å²) in [5.41, 5.74) is 4.83. The Hall–Kier alpha value is -3.05. The quantitative estimate of drug-likeness (QED) is 0.657. The number of benzene rings is 3. The number of nitrogens with one attached hydrogen (secondary N) is 1. The van der Waals surface area contributed by atoms with Crippen molar-refractivity contribution in [3.05, 3.63) is 95.6 Å². The van der Waals surface area contributed by atoms with Gasteiger partial charge in [-0.3, -0.25) is 14.5 Å². The second-order valence-electron chi connectivity index (χ2n) is 7.10. The van der Waals surface area contributed by atoms with Gasteiger partial charge in [0.05, 0.1) is 12.2 Å². The average molecular weight is 403 g/mol. The summed E-state index contributed by atoms with van der Waals surface area (Å²) >= 11 is 1.62. The summed E-state index contributed by atoms with van der Waals surface area (Å²) in [6, 6.07) is 25.5. The number of nitrogens with zero attached hydrogens (tertiary/aromatic N) is 1. The third-order valence-electron chi connectivity index (χ3n) is 4.83. The van der Waals surface area contributed by atoms with Crippen molar-refractivity contribution in [1.82, 2.24) is 0 Å². The zero-order valence-electron chi connectivity index (χ0n) is 16.2. The summed E-state index contributed by atoms with van der Waals surface area (Å²) < 4.78 is 0. The zero-order valence-corrected chi connectivity index (χ0v) is 17.0. The zero-order chi connectivity index (χ0) is 20.2. The van der Waals surface area contributed by atoms with Crippen LogP contribution < -0.4 is 10.2 Å². The Kier molecular flexibility index (Phi) is 5.67. The van der Waals surface area contributed by atoms with E-state index in [1.165, 1.54) is 0 Å². The van der Waals surface area contributed by atoms with E-state index in [2.05, 4.69) is 5.32 Å². The standard InChI is InChI=1S/C24H22N2O2S/c1-17-6-5-9-21(14-17)26-23(28)16-29-24(26)19-10-12-20(13-11-19)25-22(27)15-18-7-3-2-4-8-18/h2-14,24H,15-16H2,1H3,(H,25,27)/t24-/m0/s1. The Balaban J connectivity index is 1.47. The summed E-state index contributed by atoms with van der Waals surface area (Å²) in [7, 11) is 0. The Labute approximate surface area is 174 Å². The first-order valence-corrected chi connectivity index (χ1v) is 10.6. The predicted molar refractivity (Wildman–Crippen MR) is 119 cm³/mol. The van der Waals surface area contributed by atoms with Crippen molar-refractivity contribution in [2.24, 2.45) is 0 Å². The molecule has 0 saturated carbocycles. The van der Waals surface area contributed by atoms with Crippen LogP contribution in [-0.4, -0.2) is 17.6 Å². The summed E-state index contributed by atoms with van der Waals surface area (Å²) in [6.07, 6.45) is 0.344. The molecule has 3 aromatic rings. The lowest BCUT2D eigenvalue weighted by molar-refractivity contribution is -0.116. The van der Waals surface area contributed by atoms with Crippen LogP contribution in [0.3, 0.4) is 0 Å². The monoisotopic (exact) mass is 402 g/mol. The van der Waals surface area contributed by atoms with Gasteiger partial charge in [0.15, 0.2) is 0 Å². The Morgan fingerprint density at radius 3 is 2.52 bits per heavy atom. The van der Waals surface area contributed by atoms with Gasteiger partial charge in [0.25, 0.3) is 0 Å². The highest BCUT2D eigenvalue weighted by molar-refractivity contribution is 8.00. The van der Waals surface area contributed by atoms with E-state index >= 15 is 0 Å². The molecular formula is C24H22N2O2S. The van der Waals surface area contributed by atoms with Crippen molar-refractivity contribution in [3.8, 4) is 0 Å². The molecule has 1 saturated heterocycles. The van der Waals surface area contributed by atoms with Gasteiger partial charge in [0, 0.05) is 11.4 Å². The molecule has 146 valence electrons. The normalized spacial score (nSPS) is 16.1. The maximum absolute atomic E-state index is 12.5. The van der Waals surface area contributed by atoms with Gasteiger partial charge < -0.3 is 5.32 Å². The van der Waals surface area contributed by atoms with Crippen molar-refractivity contribution in [2.75, 3.05) is 16.0 Å². The molecule has 1 heterocycles. The van der Waals surface area contributed by atoms with Crippen molar-refractivity contribution < 1.29 is 9.59 Å². The fraction of sp³-hybridized carbons (Fsp3) is 0.167. The van der Waals surface area contributed by atoms with Crippen LogP contribution in [0.2, 0.25) is 0 Å². The molecular weight excluding hydrogens is 380 g/mol. The van der Waals surface area contributed by atoms with Crippen molar-refractivity contribution in [1.29, 1.82) is 0 Å². The number of carbonyl (C=O) groups is 2. The van der Waals surface area contributed by atoms with Crippen LogP contribution in [0.15, 0.2) is 78.9 Å². The van der Waals surface area contributed by atoms with Crippen LogP contribution in [0.5, 0.6) is 0 Å². The Bertz CT molecular complexity index is 1020. The first kappa shape index (κ1) is 19.3. The van der Waals surface area contributed by atoms with Crippen LogP contribution >= 0.6 is 11.8 Å². The number of anilines is 2. The Morgan fingerprint density at radius 1 is 1.03 bits per heavy atom. The number of hydrogen-bond donors (Lipinski definition) is 1. The van der Waals surface area contributed by atoms with Crippen LogP contribution in [0.4, 0.5) is 11.4 Å². The predicted octanol–water partition coefficient (Wildman–Crippen LogP) is 4.95. The SMILES string of the molecule is Cc1cccc(N2C(=O)CS[C@H]2c2ccc(NC(=O)Cc3ccccc3)cc2)c1. The van der Waals surface area contributed by atoms with Crippen molar-refractivity contribution >= 4 is 35.0 Å². The van der Waals surface area contributed by atoms with Gasteiger partial charge >= 0.3 is 0 Å². The van der Waals surface area contributed by atoms with Crippen LogP contribution in [-0.2, 0) is 16.0 Å². The van der Waals surface area contributed by atoms with Gasteiger partial charge in [-0.2, -0.15) is 0 Å². The van der Waals surface area contributed by atoms with Gasteiger partial charge in [-0.1, -0.05) is 54.6 Å². The molecule has 1 aliphatic heterocycles. The minimum Gasteiger partial charge on any atom is -0.326 e. The molecule has 0 aromatic heterocycles. The second-order valence-corrected chi connectivity index (χ2v) is 8.17. The molecule has 3 aromatic carbocycles. The molecule has 2 amide bonds. The minimum absolute atomic E-state index is 0.0456. The smallest absolute Gasteiger partial charge is 0.238 e. The molecule has 5 heteroatoms.